The fourth-order valence-corrected chi connectivity index (χ4v) is 4.65. The van der Waals surface area contributed by atoms with Crippen LogP contribution in [0.15, 0.2) is 97.6 Å². The van der Waals surface area contributed by atoms with Crippen molar-refractivity contribution in [2.24, 2.45) is 0 Å². The zero-order valence-electron chi connectivity index (χ0n) is 24.6. The van der Waals surface area contributed by atoms with E-state index in [1.54, 1.807) is 0 Å². The van der Waals surface area contributed by atoms with Crippen molar-refractivity contribution in [2.75, 3.05) is 65.7 Å². The molecule has 222 valence electrons. The van der Waals surface area contributed by atoms with Gasteiger partial charge in [0.2, 0.25) is 0 Å². The topological polar surface area (TPSA) is 76.5 Å². The highest BCUT2D eigenvalue weighted by molar-refractivity contribution is 5.06. The standard InChI is InChI=1S/C34H44N6O2/c1-5-17-35-31(9-1)13-21-39(22-14-32-10-2-6-18-36-32)25-27-41-29-30-42-28-26-40(23-15-33-11-3-7-19-37-33)24-16-34-12-4-8-20-38-34/h1-12,17-20H,13-16,21-30H2. The highest BCUT2D eigenvalue weighted by atomic mass is 16.5. The number of aromatic nitrogens is 4. The molecular formula is C34H44N6O2. The van der Waals surface area contributed by atoms with Gasteiger partial charge in [-0.15, -0.1) is 0 Å². The van der Waals surface area contributed by atoms with Crippen LogP contribution in [-0.4, -0.2) is 95.4 Å². The van der Waals surface area contributed by atoms with Crippen molar-refractivity contribution in [3.05, 3.63) is 120 Å². The lowest BCUT2D eigenvalue weighted by Crippen LogP contribution is -2.33. The molecule has 8 nitrogen and oxygen atoms in total. The van der Waals surface area contributed by atoms with Gasteiger partial charge in [-0.25, -0.2) is 0 Å². The van der Waals surface area contributed by atoms with Crippen LogP contribution < -0.4 is 0 Å². The third-order valence-corrected chi connectivity index (χ3v) is 7.12. The van der Waals surface area contributed by atoms with Crippen LogP contribution in [0.3, 0.4) is 0 Å². The molecule has 4 aromatic heterocycles. The lowest BCUT2D eigenvalue weighted by molar-refractivity contribution is 0.0314. The molecule has 0 atom stereocenters. The van der Waals surface area contributed by atoms with Crippen molar-refractivity contribution in [3.8, 4) is 0 Å². The van der Waals surface area contributed by atoms with Gasteiger partial charge < -0.3 is 19.3 Å². The number of ether oxygens (including phenoxy) is 2. The first-order valence-corrected chi connectivity index (χ1v) is 15.0. The molecule has 4 aromatic rings. The molecule has 0 bridgehead atoms. The van der Waals surface area contributed by atoms with E-state index >= 15 is 0 Å². The van der Waals surface area contributed by atoms with Gasteiger partial charge in [-0.3, -0.25) is 19.9 Å². The lowest BCUT2D eigenvalue weighted by atomic mass is 10.2. The maximum atomic E-state index is 5.96. The highest BCUT2D eigenvalue weighted by Crippen LogP contribution is 2.04. The Morgan fingerprint density at radius 1 is 0.381 bits per heavy atom. The van der Waals surface area contributed by atoms with E-state index in [1.807, 2.05) is 73.3 Å². The first-order valence-electron chi connectivity index (χ1n) is 15.0. The van der Waals surface area contributed by atoms with E-state index in [0.717, 1.165) is 87.7 Å². The summed E-state index contributed by atoms with van der Waals surface area (Å²) >= 11 is 0. The van der Waals surface area contributed by atoms with E-state index in [4.69, 9.17) is 9.47 Å². The minimum atomic E-state index is 0.593. The van der Waals surface area contributed by atoms with Crippen LogP contribution in [-0.2, 0) is 35.2 Å². The molecule has 0 aliphatic heterocycles. The Labute approximate surface area is 250 Å². The summed E-state index contributed by atoms with van der Waals surface area (Å²) in [5, 5.41) is 0. The predicted octanol–water partition coefficient (Wildman–Crippen LogP) is 4.17. The van der Waals surface area contributed by atoms with Crippen molar-refractivity contribution in [1.29, 1.82) is 0 Å². The average Bonchev–Trinajstić information content (AvgIpc) is 3.06. The second kappa shape index (κ2) is 19.5. The highest BCUT2D eigenvalue weighted by Gasteiger charge is 2.09. The van der Waals surface area contributed by atoms with E-state index in [9.17, 15) is 0 Å². The van der Waals surface area contributed by atoms with Gasteiger partial charge in [0.05, 0.1) is 26.4 Å². The SMILES string of the molecule is c1ccc(CCN(CCOCCOCCN(CCc2ccccn2)CCc2ccccn2)CCc2ccccn2)nc1. The van der Waals surface area contributed by atoms with E-state index in [-0.39, 0.29) is 0 Å². The molecule has 0 aliphatic carbocycles. The first kappa shape index (κ1) is 31.4. The number of hydrogen-bond acceptors (Lipinski definition) is 8. The Balaban J connectivity index is 1.13. The van der Waals surface area contributed by atoms with Crippen LogP contribution in [0.25, 0.3) is 0 Å². The third-order valence-electron chi connectivity index (χ3n) is 7.12. The molecule has 4 rings (SSSR count). The van der Waals surface area contributed by atoms with Crippen molar-refractivity contribution in [3.63, 3.8) is 0 Å². The Morgan fingerprint density at radius 3 is 0.952 bits per heavy atom. The summed E-state index contributed by atoms with van der Waals surface area (Å²) in [6.07, 6.45) is 11.1. The smallest absolute Gasteiger partial charge is 0.0701 e. The molecule has 4 heterocycles. The summed E-state index contributed by atoms with van der Waals surface area (Å²) in [7, 11) is 0. The van der Waals surface area contributed by atoms with E-state index in [1.165, 1.54) is 0 Å². The minimum Gasteiger partial charge on any atom is -0.378 e. The number of rotatable bonds is 21. The molecule has 0 saturated heterocycles. The molecule has 0 fully saturated rings. The molecular weight excluding hydrogens is 524 g/mol. The van der Waals surface area contributed by atoms with Crippen molar-refractivity contribution < 1.29 is 9.47 Å². The molecule has 0 amide bonds. The van der Waals surface area contributed by atoms with Gasteiger partial charge >= 0.3 is 0 Å². The van der Waals surface area contributed by atoms with Crippen molar-refractivity contribution >= 4 is 0 Å². The first-order chi connectivity index (χ1) is 20.8. The summed E-state index contributed by atoms with van der Waals surface area (Å²) in [5.74, 6) is 0. The third kappa shape index (κ3) is 13.0. The Kier molecular flexibility index (Phi) is 14.6. The maximum Gasteiger partial charge on any atom is 0.0701 e. The predicted molar refractivity (Wildman–Crippen MR) is 166 cm³/mol. The largest absolute Gasteiger partial charge is 0.378 e. The number of nitrogens with zero attached hydrogens (tertiary/aromatic N) is 6. The molecule has 0 spiro atoms. The molecule has 0 aromatic carbocycles. The number of pyridine rings is 4. The van der Waals surface area contributed by atoms with Gasteiger partial charge in [-0.2, -0.15) is 0 Å². The Bertz CT molecular complexity index is 1020. The quantitative estimate of drug-likeness (QED) is 0.139. The molecule has 0 N–H and O–H groups in total. The fourth-order valence-electron chi connectivity index (χ4n) is 4.65. The van der Waals surface area contributed by atoms with Gasteiger partial charge in [0.15, 0.2) is 0 Å². The molecule has 8 heteroatoms. The van der Waals surface area contributed by atoms with Gasteiger partial charge in [-0.05, 0) is 48.5 Å². The molecule has 0 radical (unpaired) electrons. The number of hydrogen-bond donors (Lipinski definition) is 0. The monoisotopic (exact) mass is 568 g/mol. The molecule has 42 heavy (non-hydrogen) atoms. The zero-order valence-corrected chi connectivity index (χ0v) is 24.6. The summed E-state index contributed by atoms with van der Waals surface area (Å²) in [5.41, 5.74) is 4.46. The van der Waals surface area contributed by atoms with Crippen LogP contribution in [0, 0.1) is 0 Å². The van der Waals surface area contributed by atoms with Gasteiger partial charge in [0, 0.05) is 113 Å². The van der Waals surface area contributed by atoms with Gasteiger partial charge in [-0.1, -0.05) is 24.3 Å². The summed E-state index contributed by atoms with van der Waals surface area (Å²) in [6, 6.07) is 24.4. The maximum absolute atomic E-state index is 5.96. The average molecular weight is 569 g/mol. The van der Waals surface area contributed by atoms with Crippen LogP contribution in [0.1, 0.15) is 22.8 Å². The fraction of sp³-hybridized carbons (Fsp3) is 0.412. The van der Waals surface area contributed by atoms with Crippen LogP contribution in [0.4, 0.5) is 0 Å². The molecule has 0 aliphatic rings. The molecule has 0 unspecified atom stereocenters. The summed E-state index contributed by atoms with van der Waals surface area (Å²) in [6.45, 7) is 8.04. The Morgan fingerprint density at radius 2 is 0.690 bits per heavy atom. The van der Waals surface area contributed by atoms with E-state index in [0.29, 0.717) is 26.4 Å². The second-order valence-electron chi connectivity index (χ2n) is 10.2. The van der Waals surface area contributed by atoms with Crippen molar-refractivity contribution in [1.82, 2.24) is 29.7 Å². The van der Waals surface area contributed by atoms with Crippen LogP contribution in [0.2, 0.25) is 0 Å². The summed E-state index contributed by atoms with van der Waals surface area (Å²) < 4.78 is 11.9. The van der Waals surface area contributed by atoms with Gasteiger partial charge in [0.25, 0.3) is 0 Å². The normalized spacial score (nSPS) is 11.4. The summed E-state index contributed by atoms with van der Waals surface area (Å²) in [4.78, 5) is 22.8. The van der Waals surface area contributed by atoms with Crippen molar-refractivity contribution in [2.45, 2.75) is 25.7 Å². The van der Waals surface area contributed by atoms with E-state index in [2.05, 4.69) is 54.0 Å². The molecule has 0 saturated carbocycles. The minimum absolute atomic E-state index is 0.593. The van der Waals surface area contributed by atoms with Gasteiger partial charge in [0.1, 0.15) is 0 Å². The van der Waals surface area contributed by atoms with Crippen LogP contribution >= 0.6 is 0 Å². The van der Waals surface area contributed by atoms with Crippen LogP contribution in [0.5, 0.6) is 0 Å². The Hall–Kier alpha value is -3.56. The lowest BCUT2D eigenvalue weighted by Gasteiger charge is -2.22. The second-order valence-corrected chi connectivity index (χ2v) is 10.2. The van der Waals surface area contributed by atoms with E-state index < -0.39 is 0 Å². The zero-order chi connectivity index (χ0) is 28.9.